The van der Waals surface area contributed by atoms with Gasteiger partial charge in [-0.25, -0.2) is 9.97 Å². The molecular formula is C25H24N6O2. The molecule has 4 aromatic rings. The van der Waals surface area contributed by atoms with E-state index in [0.29, 0.717) is 25.3 Å². The molecule has 0 aliphatic carbocycles. The molecule has 0 fully saturated rings. The van der Waals surface area contributed by atoms with Gasteiger partial charge in [0.25, 0.3) is 5.91 Å². The molecule has 1 aliphatic heterocycles. The first-order valence-corrected chi connectivity index (χ1v) is 10.8. The van der Waals surface area contributed by atoms with E-state index in [-0.39, 0.29) is 5.91 Å². The molecule has 166 valence electrons. The maximum atomic E-state index is 12.6. The molecule has 3 aromatic heterocycles. The van der Waals surface area contributed by atoms with Gasteiger partial charge >= 0.3 is 0 Å². The van der Waals surface area contributed by atoms with Crippen molar-refractivity contribution in [3.63, 3.8) is 0 Å². The minimum Gasteiger partial charge on any atom is -0.492 e. The summed E-state index contributed by atoms with van der Waals surface area (Å²) < 4.78 is 7.79. The monoisotopic (exact) mass is 440 g/mol. The van der Waals surface area contributed by atoms with Crippen molar-refractivity contribution in [2.24, 2.45) is 7.05 Å². The second kappa shape index (κ2) is 9.12. The van der Waals surface area contributed by atoms with Gasteiger partial charge in [0.2, 0.25) is 0 Å². The van der Waals surface area contributed by atoms with Gasteiger partial charge in [0.15, 0.2) is 0 Å². The number of aryl methyl sites for hydroxylation is 1. The fourth-order valence-corrected chi connectivity index (χ4v) is 3.92. The predicted molar refractivity (Wildman–Crippen MR) is 125 cm³/mol. The van der Waals surface area contributed by atoms with E-state index < -0.39 is 0 Å². The molecule has 1 amide bonds. The lowest BCUT2D eigenvalue weighted by atomic mass is 10.0. The number of benzene rings is 1. The lowest BCUT2D eigenvalue weighted by Gasteiger charge is -2.13. The summed E-state index contributed by atoms with van der Waals surface area (Å²) in [6, 6.07) is 11.5. The predicted octanol–water partition coefficient (Wildman–Crippen LogP) is 3.35. The van der Waals surface area contributed by atoms with Gasteiger partial charge < -0.3 is 19.9 Å². The zero-order valence-corrected chi connectivity index (χ0v) is 18.3. The topological polar surface area (TPSA) is 94.0 Å². The Kier molecular flexibility index (Phi) is 5.72. The maximum Gasteiger partial charge on any atom is 0.251 e. The molecule has 5 rings (SSSR count). The van der Waals surface area contributed by atoms with Crippen molar-refractivity contribution in [1.82, 2.24) is 24.8 Å². The van der Waals surface area contributed by atoms with Crippen molar-refractivity contribution in [2.75, 3.05) is 11.9 Å². The Morgan fingerprint density at radius 3 is 2.85 bits per heavy atom. The third-order valence-corrected chi connectivity index (χ3v) is 5.55. The third-order valence-electron chi connectivity index (χ3n) is 5.55. The van der Waals surface area contributed by atoms with Crippen LogP contribution in [0, 0.1) is 0 Å². The maximum absolute atomic E-state index is 12.6. The van der Waals surface area contributed by atoms with E-state index in [1.165, 1.54) is 0 Å². The molecule has 0 bridgehead atoms. The molecule has 0 spiro atoms. The minimum atomic E-state index is -0.128. The van der Waals surface area contributed by atoms with Gasteiger partial charge in [0.1, 0.15) is 11.6 Å². The summed E-state index contributed by atoms with van der Waals surface area (Å²) in [7, 11) is 1.90. The van der Waals surface area contributed by atoms with Gasteiger partial charge in [0, 0.05) is 61.5 Å². The third kappa shape index (κ3) is 4.55. The Morgan fingerprint density at radius 2 is 2.03 bits per heavy atom. The molecule has 1 aromatic carbocycles. The van der Waals surface area contributed by atoms with E-state index in [9.17, 15) is 4.79 Å². The first kappa shape index (κ1) is 20.7. The van der Waals surface area contributed by atoms with Crippen LogP contribution >= 0.6 is 0 Å². The normalized spacial score (nSPS) is 12.2. The number of nitrogens with one attached hydrogen (secondary N) is 2. The van der Waals surface area contributed by atoms with E-state index in [0.717, 1.165) is 45.9 Å². The average molecular weight is 441 g/mol. The summed E-state index contributed by atoms with van der Waals surface area (Å²) in [5, 5.41) is 6.34. The summed E-state index contributed by atoms with van der Waals surface area (Å²) >= 11 is 0. The van der Waals surface area contributed by atoms with Crippen molar-refractivity contribution < 1.29 is 9.53 Å². The Hall–Kier alpha value is -4.20. The molecule has 0 saturated heterocycles. The summed E-state index contributed by atoms with van der Waals surface area (Å²) in [5.41, 5.74) is 5.51. The van der Waals surface area contributed by atoms with E-state index in [4.69, 9.17) is 4.74 Å². The molecule has 0 radical (unpaired) electrons. The largest absolute Gasteiger partial charge is 0.492 e. The summed E-state index contributed by atoms with van der Waals surface area (Å²) in [6.45, 7) is 1.58. The minimum absolute atomic E-state index is 0.128. The van der Waals surface area contributed by atoms with Crippen LogP contribution in [0.3, 0.4) is 0 Å². The highest BCUT2D eigenvalue weighted by Crippen LogP contribution is 2.39. The highest BCUT2D eigenvalue weighted by molar-refractivity contribution is 5.94. The van der Waals surface area contributed by atoms with Crippen molar-refractivity contribution in [3.8, 4) is 16.9 Å². The lowest BCUT2D eigenvalue weighted by molar-refractivity contribution is 0.0950. The number of carbonyl (C=O) groups excluding carboxylic acids is 1. The van der Waals surface area contributed by atoms with Gasteiger partial charge in [-0.2, -0.15) is 0 Å². The molecule has 0 saturated carbocycles. The van der Waals surface area contributed by atoms with Crippen molar-refractivity contribution >= 4 is 11.7 Å². The number of ether oxygens (including phenoxy) is 1. The molecular weight excluding hydrogens is 416 g/mol. The molecule has 2 N–H and O–H groups in total. The van der Waals surface area contributed by atoms with Crippen LogP contribution in [0.4, 0.5) is 5.82 Å². The molecule has 0 atom stereocenters. The second-order valence-corrected chi connectivity index (χ2v) is 7.93. The summed E-state index contributed by atoms with van der Waals surface area (Å²) in [6.07, 6.45) is 9.77. The van der Waals surface area contributed by atoms with Crippen LogP contribution in [0.15, 0.2) is 67.5 Å². The molecule has 8 heteroatoms. The quantitative estimate of drug-likeness (QED) is 0.458. The van der Waals surface area contributed by atoms with Crippen molar-refractivity contribution in [3.05, 3.63) is 89.9 Å². The van der Waals surface area contributed by atoms with Crippen LogP contribution in [0.25, 0.3) is 11.1 Å². The van der Waals surface area contributed by atoms with Crippen LogP contribution in [-0.2, 0) is 26.6 Å². The highest BCUT2D eigenvalue weighted by Gasteiger charge is 2.22. The highest BCUT2D eigenvalue weighted by atomic mass is 16.5. The smallest absolute Gasteiger partial charge is 0.251 e. The van der Waals surface area contributed by atoms with E-state index in [2.05, 4.69) is 25.6 Å². The first-order valence-electron chi connectivity index (χ1n) is 10.8. The van der Waals surface area contributed by atoms with Crippen molar-refractivity contribution in [1.29, 1.82) is 0 Å². The number of aromatic nitrogens is 4. The number of anilines is 1. The van der Waals surface area contributed by atoms with E-state index in [1.807, 2.05) is 60.4 Å². The van der Waals surface area contributed by atoms with Crippen LogP contribution in [0.5, 0.6) is 5.75 Å². The summed E-state index contributed by atoms with van der Waals surface area (Å²) in [4.78, 5) is 25.6. The number of carbonyl (C=O) groups is 1. The van der Waals surface area contributed by atoms with E-state index in [1.54, 1.807) is 18.7 Å². The fraction of sp³-hybridized carbons (Fsp3) is 0.200. The molecule has 0 unspecified atom stereocenters. The van der Waals surface area contributed by atoms with Crippen LogP contribution < -0.4 is 15.4 Å². The molecule has 1 aliphatic rings. The molecule has 4 heterocycles. The number of hydrogen-bond acceptors (Lipinski definition) is 6. The number of imidazole rings is 1. The number of pyridine rings is 2. The number of fused-ring (bicyclic) bond motifs is 1. The Labute approximate surface area is 191 Å². The Bertz CT molecular complexity index is 1290. The number of rotatable bonds is 7. The van der Waals surface area contributed by atoms with Crippen LogP contribution in [-0.4, -0.2) is 32.0 Å². The first-order chi connectivity index (χ1) is 16.2. The average Bonchev–Trinajstić information content (AvgIpc) is 3.51. The van der Waals surface area contributed by atoms with Gasteiger partial charge in [-0.1, -0.05) is 12.1 Å². The lowest BCUT2D eigenvalue weighted by Crippen LogP contribution is -2.23. The van der Waals surface area contributed by atoms with E-state index >= 15 is 0 Å². The van der Waals surface area contributed by atoms with Gasteiger partial charge in [-0.3, -0.25) is 9.78 Å². The van der Waals surface area contributed by atoms with Crippen LogP contribution in [0.2, 0.25) is 0 Å². The van der Waals surface area contributed by atoms with Gasteiger partial charge in [-0.05, 0) is 35.4 Å². The number of amides is 1. The second-order valence-electron chi connectivity index (χ2n) is 7.93. The fourth-order valence-electron chi connectivity index (χ4n) is 3.92. The standard InChI is InChI=1S/C25H24N6O2/c1-31-15-20(30-16-31)13-29-25(32)19-4-2-3-17(11-19)12-27-24-21-7-10-33-23(21)22(14-28-24)18-5-8-26-9-6-18/h2-6,8-9,11,14-16H,7,10,12-13H2,1H3,(H,27,28)(H,29,32). The summed E-state index contributed by atoms with van der Waals surface area (Å²) in [5.74, 6) is 1.56. The SMILES string of the molecule is Cn1cnc(CNC(=O)c2cccc(CNc3ncc(-c4ccncc4)c4c3CCO4)c2)c1. The number of nitrogens with zero attached hydrogens (tertiary/aromatic N) is 4. The zero-order chi connectivity index (χ0) is 22.6. The number of hydrogen-bond donors (Lipinski definition) is 2. The molecule has 33 heavy (non-hydrogen) atoms. The Balaban J connectivity index is 1.27. The Morgan fingerprint density at radius 1 is 1.15 bits per heavy atom. The zero-order valence-electron chi connectivity index (χ0n) is 18.3. The molecule has 8 nitrogen and oxygen atoms in total. The van der Waals surface area contributed by atoms with Crippen LogP contribution in [0.1, 0.15) is 27.2 Å². The van der Waals surface area contributed by atoms with Crippen molar-refractivity contribution in [2.45, 2.75) is 19.5 Å². The van der Waals surface area contributed by atoms with Gasteiger partial charge in [-0.15, -0.1) is 0 Å². The van der Waals surface area contributed by atoms with Gasteiger partial charge in [0.05, 0.1) is 25.2 Å².